The second kappa shape index (κ2) is 4.09. The van der Waals surface area contributed by atoms with Crippen LogP contribution in [0.2, 0.25) is 0 Å². The normalized spacial score (nSPS) is 17.4. The molecule has 82 valence electrons. The fourth-order valence-electron chi connectivity index (χ4n) is 1.28. The van der Waals surface area contributed by atoms with E-state index in [1.807, 2.05) is 0 Å². The fraction of sp³-hybridized carbons (Fsp3) is 0.625. The maximum atomic E-state index is 11.5. The Kier molecular flexibility index (Phi) is 2.81. The number of anilines is 1. The van der Waals surface area contributed by atoms with Crippen molar-refractivity contribution >= 4 is 23.7 Å². The van der Waals surface area contributed by atoms with Gasteiger partial charge in [-0.1, -0.05) is 11.8 Å². The van der Waals surface area contributed by atoms with E-state index in [2.05, 4.69) is 15.2 Å². The summed E-state index contributed by atoms with van der Waals surface area (Å²) < 4.78 is 4.74. The molecule has 1 fully saturated rings. The van der Waals surface area contributed by atoms with Crippen LogP contribution in [0.4, 0.5) is 5.95 Å². The van der Waals surface area contributed by atoms with E-state index in [0.29, 0.717) is 11.1 Å². The number of esters is 1. The van der Waals surface area contributed by atoms with Crippen molar-refractivity contribution in [3.8, 4) is 0 Å². The van der Waals surface area contributed by atoms with Gasteiger partial charge >= 0.3 is 5.97 Å². The molecule has 1 saturated carbocycles. The maximum absolute atomic E-state index is 11.5. The molecular weight excluding hydrogens is 216 g/mol. The van der Waals surface area contributed by atoms with Crippen LogP contribution in [-0.2, 0) is 9.53 Å². The summed E-state index contributed by atoms with van der Waals surface area (Å²) in [7, 11) is 1.39. The van der Waals surface area contributed by atoms with Gasteiger partial charge in [-0.05, 0) is 18.8 Å². The predicted molar refractivity (Wildman–Crippen MR) is 55.2 cm³/mol. The molecule has 0 aromatic carbocycles. The number of hydrogen-bond donors (Lipinski definition) is 2. The highest BCUT2D eigenvalue weighted by Crippen LogP contribution is 2.41. The maximum Gasteiger partial charge on any atom is 0.319 e. The van der Waals surface area contributed by atoms with Crippen LogP contribution in [0.1, 0.15) is 12.8 Å². The minimum absolute atomic E-state index is 0.204. The van der Waals surface area contributed by atoms with E-state index < -0.39 is 0 Å². The molecule has 3 N–H and O–H groups in total. The first-order chi connectivity index (χ1) is 7.20. The number of aromatic amines is 1. The quantitative estimate of drug-likeness (QED) is 0.573. The summed E-state index contributed by atoms with van der Waals surface area (Å²) >= 11 is 1.30. The highest BCUT2D eigenvalue weighted by molar-refractivity contribution is 8.00. The van der Waals surface area contributed by atoms with Crippen molar-refractivity contribution in [3.05, 3.63) is 0 Å². The van der Waals surface area contributed by atoms with Gasteiger partial charge in [0.2, 0.25) is 11.1 Å². The van der Waals surface area contributed by atoms with Crippen molar-refractivity contribution in [1.29, 1.82) is 0 Å². The number of nitrogens with zero attached hydrogens (tertiary/aromatic N) is 2. The number of carbonyl (C=O) groups is 1. The molecular formula is C8H12N4O2S. The van der Waals surface area contributed by atoms with Crippen LogP contribution in [0, 0.1) is 5.92 Å². The molecule has 0 amide bonds. The molecule has 1 aliphatic rings. The van der Waals surface area contributed by atoms with Gasteiger partial charge in [0.1, 0.15) is 5.25 Å². The minimum atomic E-state index is -0.217. The number of carbonyl (C=O) groups excluding carboxylic acids is 1. The molecule has 0 saturated heterocycles. The van der Waals surface area contributed by atoms with Crippen LogP contribution in [0.3, 0.4) is 0 Å². The van der Waals surface area contributed by atoms with Crippen LogP contribution in [0.25, 0.3) is 0 Å². The second-order valence-electron chi connectivity index (χ2n) is 3.40. The summed E-state index contributed by atoms with van der Waals surface area (Å²) in [5.41, 5.74) is 5.40. The van der Waals surface area contributed by atoms with Crippen molar-refractivity contribution in [2.45, 2.75) is 23.2 Å². The molecule has 6 nitrogen and oxygen atoms in total. The van der Waals surface area contributed by atoms with Gasteiger partial charge in [-0.25, -0.2) is 5.10 Å². The van der Waals surface area contributed by atoms with Crippen LogP contribution in [0.15, 0.2) is 5.16 Å². The van der Waals surface area contributed by atoms with Crippen molar-refractivity contribution in [1.82, 2.24) is 15.2 Å². The van der Waals surface area contributed by atoms with Gasteiger partial charge < -0.3 is 10.5 Å². The first kappa shape index (κ1) is 10.3. The zero-order chi connectivity index (χ0) is 10.8. The molecule has 1 atom stereocenters. The van der Waals surface area contributed by atoms with Crippen molar-refractivity contribution in [3.63, 3.8) is 0 Å². The number of ether oxygens (including phenoxy) is 1. The summed E-state index contributed by atoms with van der Waals surface area (Å²) in [6.07, 6.45) is 2.12. The number of H-pyrrole nitrogens is 1. The second-order valence-corrected chi connectivity index (χ2v) is 4.51. The van der Waals surface area contributed by atoms with Crippen molar-refractivity contribution in [2.75, 3.05) is 12.8 Å². The Balaban J connectivity index is 2.03. The number of thioether (sulfide) groups is 1. The molecule has 0 spiro atoms. The molecule has 0 aliphatic heterocycles. The number of hydrogen-bond acceptors (Lipinski definition) is 6. The third-order valence-corrected chi connectivity index (χ3v) is 3.42. The minimum Gasteiger partial charge on any atom is -0.468 e. The van der Waals surface area contributed by atoms with Gasteiger partial charge in [-0.15, -0.1) is 5.10 Å². The number of nitrogens with two attached hydrogens (primary N) is 1. The van der Waals surface area contributed by atoms with Gasteiger partial charge in [0.25, 0.3) is 0 Å². The smallest absolute Gasteiger partial charge is 0.319 e. The molecule has 1 aromatic heterocycles. The predicted octanol–water partition coefficient (Wildman–Crippen LogP) is 0.431. The number of rotatable bonds is 4. The monoisotopic (exact) mass is 228 g/mol. The number of aromatic nitrogens is 3. The van der Waals surface area contributed by atoms with Crippen LogP contribution < -0.4 is 5.73 Å². The summed E-state index contributed by atoms with van der Waals surface area (Å²) in [6.45, 7) is 0. The first-order valence-electron chi connectivity index (χ1n) is 4.63. The Morgan fingerprint density at radius 2 is 2.47 bits per heavy atom. The van der Waals surface area contributed by atoms with Crippen LogP contribution >= 0.6 is 11.8 Å². The van der Waals surface area contributed by atoms with E-state index >= 15 is 0 Å². The molecule has 1 unspecified atom stereocenters. The lowest BCUT2D eigenvalue weighted by Crippen LogP contribution is -2.21. The van der Waals surface area contributed by atoms with Gasteiger partial charge in [-0.2, -0.15) is 4.98 Å². The highest BCUT2D eigenvalue weighted by Gasteiger charge is 2.38. The molecule has 0 radical (unpaired) electrons. The first-order valence-corrected chi connectivity index (χ1v) is 5.51. The summed E-state index contributed by atoms with van der Waals surface area (Å²) in [6, 6.07) is 0. The Hall–Kier alpha value is -1.24. The van der Waals surface area contributed by atoms with Crippen LogP contribution in [-0.4, -0.2) is 33.5 Å². The SMILES string of the molecule is COC(=O)C(Sc1n[nH]c(N)n1)C1CC1. The third-order valence-electron chi connectivity index (χ3n) is 2.20. The number of nitrogen functional groups attached to an aromatic ring is 1. The average Bonchev–Trinajstić information content (AvgIpc) is 2.98. The van der Waals surface area contributed by atoms with Gasteiger partial charge in [0.05, 0.1) is 7.11 Å². The highest BCUT2D eigenvalue weighted by atomic mass is 32.2. The molecule has 0 bridgehead atoms. The molecule has 2 rings (SSSR count). The number of methoxy groups -OCH3 is 1. The van der Waals surface area contributed by atoms with Crippen molar-refractivity contribution in [2.24, 2.45) is 5.92 Å². The summed E-state index contributed by atoms with van der Waals surface area (Å²) in [5, 5.41) is 6.70. The number of nitrogens with one attached hydrogen (secondary N) is 1. The van der Waals surface area contributed by atoms with E-state index in [0.717, 1.165) is 12.8 Å². The largest absolute Gasteiger partial charge is 0.468 e. The topological polar surface area (TPSA) is 93.9 Å². The zero-order valence-corrected chi connectivity index (χ0v) is 9.08. The third kappa shape index (κ3) is 2.41. The standard InChI is InChI=1S/C8H12N4O2S/c1-14-6(13)5(4-2-3-4)15-8-10-7(9)11-12-8/h4-5H,2-3H2,1H3,(H3,9,10,11,12). The summed E-state index contributed by atoms with van der Waals surface area (Å²) in [4.78, 5) is 15.4. The fourth-order valence-corrected chi connectivity index (χ4v) is 2.41. The van der Waals surface area contributed by atoms with E-state index in [1.165, 1.54) is 18.9 Å². The van der Waals surface area contributed by atoms with E-state index in [9.17, 15) is 4.79 Å². The zero-order valence-electron chi connectivity index (χ0n) is 8.27. The molecule has 15 heavy (non-hydrogen) atoms. The van der Waals surface area contributed by atoms with E-state index in [4.69, 9.17) is 10.5 Å². The Labute approximate surface area is 91.0 Å². The Morgan fingerprint density at radius 1 is 1.73 bits per heavy atom. The molecule has 1 aromatic rings. The lowest BCUT2D eigenvalue weighted by molar-refractivity contribution is -0.140. The van der Waals surface area contributed by atoms with E-state index in [-0.39, 0.29) is 17.2 Å². The average molecular weight is 228 g/mol. The Morgan fingerprint density at radius 3 is 2.93 bits per heavy atom. The molecule has 1 aliphatic carbocycles. The van der Waals surface area contributed by atoms with Gasteiger partial charge in [-0.3, -0.25) is 4.79 Å². The summed E-state index contributed by atoms with van der Waals surface area (Å²) in [5.74, 6) is 0.435. The lowest BCUT2D eigenvalue weighted by Gasteiger charge is -2.10. The van der Waals surface area contributed by atoms with Gasteiger partial charge in [0.15, 0.2) is 0 Å². The molecule has 7 heteroatoms. The Bertz CT molecular complexity index is 363. The van der Waals surface area contributed by atoms with Crippen molar-refractivity contribution < 1.29 is 9.53 Å². The van der Waals surface area contributed by atoms with E-state index in [1.54, 1.807) is 0 Å². The van der Waals surface area contributed by atoms with Crippen LogP contribution in [0.5, 0.6) is 0 Å². The van der Waals surface area contributed by atoms with Gasteiger partial charge in [0, 0.05) is 0 Å². The lowest BCUT2D eigenvalue weighted by atomic mass is 10.3. The molecule has 1 heterocycles.